The number of rotatable bonds is 6. The number of likely N-dealkylation sites (N-methyl/N-ethyl adjacent to an activating group) is 1. The van der Waals surface area contributed by atoms with Gasteiger partial charge in [0.2, 0.25) is 0 Å². The van der Waals surface area contributed by atoms with Gasteiger partial charge in [0, 0.05) is 6.04 Å². The van der Waals surface area contributed by atoms with Crippen LogP contribution in [0.5, 0.6) is 0 Å². The SMILES string of the molecule is CCNC(Cc1ccccc1S(=O)(=O)C(F)(F)F)C(C)C. The highest BCUT2D eigenvalue weighted by Crippen LogP contribution is 2.32. The highest BCUT2D eigenvalue weighted by atomic mass is 32.2. The van der Waals surface area contributed by atoms with E-state index in [1.165, 1.54) is 12.1 Å². The van der Waals surface area contributed by atoms with E-state index in [1.807, 2.05) is 20.8 Å². The number of hydrogen-bond acceptors (Lipinski definition) is 3. The first-order valence-corrected chi connectivity index (χ1v) is 8.22. The molecule has 1 unspecified atom stereocenters. The van der Waals surface area contributed by atoms with Gasteiger partial charge in [-0.2, -0.15) is 13.2 Å². The summed E-state index contributed by atoms with van der Waals surface area (Å²) < 4.78 is 61.5. The van der Waals surface area contributed by atoms with Crippen molar-refractivity contribution >= 4 is 9.84 Å². The molecular weight excluding hydrogens is 303 g/mol. The first-order chi connectivity index (χ1) is 9.61. The van der Waals surface area contributed by atoms with Crippen LogP contribution < -0.4 is 5.32 Å². The van der Waals surface area contributed by atoms with Crippen molar-refractivity contribution in [2.45, 2.75) is 43.6 Å². The zero-order chi connectivity index (χ0) is 16.3. The molecule has 1 N–H and O–H groups in total. The Morgan fingerprint density at radius 2 is 1.76 bits per heavy atom. The smallest absolute Gasteiger partial charge is 0.314 e. The summed E-state index contributed by atoms with van der Waals surface area (Å²) in [6.45, 7) is 6.44. The Hall–Kier alpha value is -1.08. The zero-order valence-electron chi connectivity index (χ0n) is 12.2. The zero-order valence-corrected chi connectivity index (χ0v) is 13.1. The number of nitrogens with one attached hydrogen (secondary N) is 1. The number of alkyl halides is 3. The molecule has 21 heavy (non-hydrogen) atoms. The van der Waals surface area contributed by atoms with Crippen LogP contribution in [-0.2, 0) is 16.3 Å². The predicted octanol–water partition coefficient (Wildman–Crippen LogP) is 3.16. The molecule has 1 aromatic rings. The van der Waals surface area contributed by atoms with E-state index in [-0.39, 0.29) is 23.9 Å². The molecular formula is C14H20F3NO2S. The van der Waals surface area contributed by atoms with Gasteiger partial charge < -0.3 is 5.32 Å². The topological polar surface area (TPSA) is 46.2 Å². The summed E-state index contributed by atoms with van der Waals surface area (Å²) in [5.41, 5.74) is -5.09. The van der Waals surface area contributed by atoms with Gasteiger partial charge in [-0.1, -0.05) is 39.0 Å². The summed E-state index contributed by atoms with van der Waals surface area (Å²) in [6, 6.07) is 5.22. The van der Waals surface area contributed by atoms with Crippen LogP contribution in [0, 0.1) is 5.92 Å². The molecule has 0 bridgehead atoms. The molecule has 0 amide bonds. The summed E-state index contributed by atoms with van der Waals surface area (Å²) in [5, 5.41) is 3.17. The molecule has 1 atom stereocenters. The molecule has 0 aromatic heterocycles. The van der Waals surface area contributed by atoms with Crippen molar-refractivity contribution in [1.29, 1.82) is 0 Å². The molecule has 0 radical (unpaired) electrons. The molecule has 0 saturated heterocycles. The standard InChI is InChI=1S/C14H20F3NO2S/c1-4-18-12(10(2)3)9-11-7-5-6-8-13(11)21(19,20)14(15,16)17/h5-8,10,12,18H,4,9H2,1-3H3. The number of halogens is 3. The molecule has 0 aliphatic carbocycles. The molecule has 120 valence electrons. The fourth-order valence-corrected chi connectivity index (χ4v) is 3.11. The van der Waals surface area contributed by atoms with Gasteiger partial charge in [-0.25, -0.2) is 8.42 Å². The number of hydrogen-bond donors (Lipinski definition) is 1. The minimum Gasteiger partial charge on any atom is -0.314 e. The van der Waals surface area contributed by atoms with Gasteiger partial charge in [0.05, 0.1) is 4.90 Å². The second-order valence-electron chi connectivity index (χ2n) is 5.17. The lowest BCUT2D eigenvalue weighted by molar-refractivity contribution is -0.0436. The van der Waals surface area contributed by atoms with Crippen molar-refractivity contribution in [3.8, 4) is 0 Å². The Labute approximate surface area is 123 Å². The largest absolute Gasteiger partial charge is 0.501 e. The second kappa shape index (κ2) is 6.79. The van der Waals surface area contributed by atoms with Gasteiger partial charge in [0.1, 0.15) is 0 Å². The van der Waals surface area contributed by atoms with E-state index in [0.29, 0.717) is 6.54 Å². The monoisotopic (exact) mass is 323 g/mol. The van der Waals surface area contributed by atoms with Gasteiger partial charge in [-0.05, 0) is 30.5 Å². The molecule has 3 nitrogen and oxygen atoms in total. The average molecular weight is 323 g/mol. The number of sulfone groups is 1. The summed E-state index contributed by atoms with van der Waals surface area (Å²) in [7, 11) is -5.32. The Morgan fingerprint density at radius 3 is 2.24 bits per heavy atom. The van der Waals surface area contributed by atoms with Crippen LogP contribution in [0.3, 0.4) is 0 Å². The van der Waals surface area contributed by atoms with Crippen LogP contribution >= 0.6 is 0 Å². The lowest BCUT2D eigenvalue weighted by Crippen LogP contribution is -2.36. The van der Waals surface area contributed by atoms with E-state index in [4.69, 9.17) is 0 Å². The fraction of sp³-hybridized carbons (Fsp3) is 0.571. The Balaban J connectivity index is 3.22. The van der Waals surface area contributed by atoms with Gasteiger partial charge in [-0.3, -0.25) is 0 Å². The van der Waals surface area contributed by atoms with Crippen molar-refractivity contribution in [2.24, 2.45) is 5.92 Å². The quantitative estimate of drug-likeness (QED) is 0.875. The Bertz CT molecular complexity index is 568. The van der Waals surface area contributed by atoms with Gasteiger partial charge >= 0.3 is 5.51 Å². The Kier molecular flexibility index (Phi) is 5.81. The molecule has 0 spiro atoms. The molecule has 7 heteroatoms. The van der Waals surface area contributed by atoms with Crippen molar-refractivity contribution in [3.63, 3.8) is 0 Å². The van der Waals surface area contributed by atoms with E-state index in [9.17, 15) is 21.6 Å². The van der Waals surface area contributed by atoms with Crippen LogP contribution in [0.4, 0.5) is 13.2 Å². The van der Waals surface area contributed by atoms with Crippen LogP contribution in [0.25, 0.3) is 0 Å². The highest BCUT2D eigenvalue weighted by Gasteiger charge is 2.47. The molecule has 0 aliphatic heterocycles. The van der Waals surface area contributed by atoms with Gasteiger partial charge in [-0.15, -0.1) is 0 Å². The molecule has 0 heterocycles. The third-order valence-electron chi connectivity index (χ3n) is 3.28. The third kappa shape index (κ3) is 4.20. The number of benzene rings is 1. The summed E-state index contributed by atoms with van der Waals surface area (Å²) >= 11 is 0. The molecule has 0 fully saturated rings. The predicted molar refractivity (Wildman–Crippen MR) is 75.7 cm³/mol. The van der Waals surface area contributed by atoms with E-state index < -0.39 is 20.2 Å². The lowest BCUT2D eigenvalue weighted by atomic mass is 9.96. The van der Waals surface area contributed by atoms with E-state index in [1.54, 1.807) is 6.07 Å². The van der Waals surface area contributed by atoms with Gasteiger partial charge in [0.25, 0.3) is 9.84 Å². The second-order valence-corrected chi connectivity index (χ2v) is 7.08. The maximum Gasteiger partial charge on any atom is 0.501 e. The first kappa shape index (κ1) is 18.0. The van der Waals surface area contributed by atoms with Crippen LogP contribution in [0.1, 0.15) is 26.3 Å². The minimum atomic E-state index is -5.32. The van der Waals surface area contributed by atoms with Crippen molar-refractivity contribution < 1.29 is 21.6 Å². The molecule has 0 aliphatic rings. The normalized spacial score (nSPS) is 14.4. The minimum absolute atomic E-state index is 0.0837. The Morgan fingerprint density at radius 1 is 1.19 bits per heavy atom. The van der Waals surface area contributed by atoms with Gasteiger partial charge in [0.15, 0.2) is 0 Å². The van der Waals surface area contributed by atoms with E-state index in [0.717, 1.165) is 6.07 Å². The van der Waals surface area contributed by atoms with Crippen molar-refractivity contribution in [1.82, 2.24) is 5.32 Å². The first-order valence-electron chi connectivity index (χ1n) is 6.74. The lowest BCUT2D eigenvalue weighted by Gasteiger charge is -2.23. The summed E-state index contributed by atoms with van der Waals surface area (Å²) in [4.78, 5) is -0.652. The van der Waals surface area contributed by atoms with Crippen LogP contribution in [-0.4, -0.2) is 26.5 Å². The summed E-state index contributed by atoms with van der Waals surface area (Å²) in [5.74, 6) is 0.173. The van der Waals surface area contributed by atoms with Crippen LogP contribution in [0.2, 0.25) is 0 Å². The van der Waals surface area contributed by atoms with E-state index >= 15 is 0 Å². The highest BCUT2D eigenvalue weighted by molar-refractivity contribution is 7.92. The fourth-order valence-electron chi connectivity index (χ4n) is 2.10. The molecule has 1 aromatic carbocycles. The van der Waals surface area contributed by atoms with E-state index in [2.05, 4.69) is 5.32 Å². The maximum absolute atomic E-state index is 12.7. The molecule has 0 saturated carbocycles. The summed E-state index contributed by atoms with van der Waals surface area (Å²) in [6.07, 6.45) is 0.233. The van der Waals surface area contributed by atoms with Crippen molar-refractivity contribution in [2.75, 3.05) is 6.54 Å². The van der Waals surface area contributed by atoms with Crippen molar-refractivity contribution in [3.05, 3.63) is 29.8 Å². The molecule has 1 rings (SSSR count). The maximum atomic E-state index is 12.7. The van der Waals surface area contributed by atoms with Crippen LogP contribution in [0.15, 0.2) is 29.2 Å². The average Bonchev–Trinajstić information content (AvgIpc) is 2.37. The third-order valence-corrected chi connectivity index (χ3v) is 4.86.